The van der Waals surface area contributed by atoms with Gasteiger partial charge in [-0.05, 0) is 30.2 Å². The molecule has 0 radical (unpaired) electrons. The predicted molar refractivity (Wildman–Crippen MR) is 63.7 cm³/mol. The van der Waals surface area contributed by atoms with E-state index in [9.17, 15) is 4.21 Å². The first-order chi connectivity index (χ1) is 7.13. The molecule has 0 N–H and O–H groups in total. The van der Waals surface area contributed by atoms with Crippen LogP contribution in [0.5, 0.6) is 5.75 Å². The molecule has 84 valence electrons. The molecule has 1 rings (SSSR count). The van der Waals surface area contributed by atoms with E-state index in [0.29, 0.717) is 5.92 Å². The fraction of sp³-hybridized carbons (Fsp3) is 0.500. The predicted octanol–water partition coefficient (Wildman–Crippen LogP) is 2.85. The average molecular weight is 226 g/mol. The van der Waals surface area contributed by atoms with Crippen LogP contribution in [-0.4, -0.2) is 17.1 Å². The Kier molecular flexibility index (Phi) is 4.82. The monoisotopic (exact) mass is 226 g/mol. The fourth-order valence-corrected chi connectivity index (χ4v) is 1.60. The molecule has 2 nitrogen and oxygen atoms in total. The zero-order chi connectivity index (χ0) is 11.3. The van der Waals surface area contributed by atoms with Crippen LogP contribution in [0, 0.1) is 5.92 Å². The van der Waals surface area contributed by atoms with Crippen LogP contribution in [0.3, 0.4) is 0 Å². The lowest BCUT2D eigenvalue weighted by molar-refractivity contribution is 0.256. The van der Waals surface area contributed by atoms with Gasteiger partial charge in [-0.1, -0.05) is 20.3 Å². The number of benzene rings is 1. The van der Waals surface area contributed by atoms with Gasteiger partial charge in [0, 0.05) is 22.0 Å². The summed E-state index contributed by atoms with van der Waals surface area (Å²) < 4.78 is 16.7. The van der Waals surface area contributed by atoms with Crippen molar-refractivity contribution >= 4 is 10.8 Å². The summed E-state index contributed by atoms with van der Waals surface area (Å²) in [5.41, 5.74) is 0. The second kappa shape index (κ2) is 5.91. The van der Waals surface area contributed by atoms with Crippen LogP contribution in [0.4, 0.5) is 0 Å². The van der Waals surface area contributed by atoms with Gasteiger partial charge in [-0.25, -0.2) is 0 Å². The topological polar surface area (TPSA) is 26.3 Å². The summed E-state index contributed by atoms with van der Waals surface area (Å²) in [6.07, 6.45) is 2.80. The van der Waals surface area contributed by atoms with Gasteiger partial charge in [0.2, 0.25) is 0 Å². The van der Waals surface area contributed by atoms with Gasteiger partial charge < -0.3 is 4.74 Å². The van der Waals surface area contributed by atoms with Crippen molar-refractivity contribution in [3.05, 3.63) is 24.3 Å². The molecular weight excluding hydrogens is 208 g/mol. The van der Waals surface area contributed by atoms with E-state index >= 15 is 0 Å². The second-order valence-electron chi connectivity index (χ2n) is 3.75. The Bertz CT molecular complexity index is 319. The molecule has 15 heavy (non-hydrogen) atoms. The van der Waals surface area contributed by atoms with E-state index in [4.69, 9.17) is 4.74 Å². The third-order valence-corrected chi connectivity index (χ3v) is 3.32. The van der Waals surface area contributed by atoms with Crippen molar-refractivity contribution in [3.63, 3.8) is 0 Å². The summed E-state index contributed by atoms with van der Waals surface area (Å²) in [4.78, 5) is 0.839. The van der Waals surface area contributed by atoms with Gasteiger partial charge in [0.25, 0.3) is 0 Å². The largest absolute Gasteiger partial charge is 0.493 e. The normalized spacial score (nSPS) is 14.6. The van der Waals surface area contributed by atoms with Gasteiger partial charge in [0.1, 0.15) is 5.75 Å². The second-order valence-corrected chi connectivity index (χ2v) is 5.13. The highest BCUT2D eigenvalue weighted by molar-refractivity contribution is 7.84. The Balaban J connectivity index is 2.53. The molecule has 0 aliphatic rings. The van der Waals surface area contributed by atoms with Crippen molar-refractivity contribution in [3.8, 4) is 5.75 Å². The molecule has 0 saturated heterocycles. The number of hydrogen-bond donors (Lipinski definition) is 0. The highest BCUT2D eigenvalue weighted by atomic mass is 32.2. The summed E-state index contributed by atoms with van der Waals surface area (Å²) >= 11 is 0. The number of rotatable bonds is 5. The molecule has 0 amide bonds. The highest BCUT2D eigenvalue weighted by Gasteiger charge is 2.01. The van der Waals surface area contributed by atoms with Gasteiger partial charge in [0.15, 0.2) is 0 Å². The van der Waals surface area contributed by atoms with Crippen molar-refractivity contribution < 1.29 is 8.95 Å². The molecule has 0 aliphatic heterocycles. The van der Waals surface area contributed by atoms with Crippen molar-refractivity contribution in [2.45, 2.75) is 25.2 Å². The van der Waals surface area contributed by atoms with Crippen LogP contribution >= 0.6 is 0 Å². The molecule has 0 heterocycles. The SMILES string of the molecule is CC[C@@H](C)COc1ccc(S(C)=O)cc1. The van der Waals surface area contributed by atoms with Crippen molar-refractivity contribution in [1.29, 1.82) is 0 Å². The minimum atomic E-state index is -0.907. The highest BCUT2D eigenvalue weighted by Crippen LogP contribution is 2.15. The molecule has 1 aromatic rings. The van der Waals surface area contributed by atoms with E-state index < -0.39 is 10.8 Å². The Morgan fingerprint density at radius 3 is 2.40 bits per heavy atom. The summed E-state index contributed by atoms with van der Waals surface area (Å²) in [5, 5.41) is 0. The van der Waals surface area contributed by atoms with E-state index in [0.717, 1.165) is 23.7 Å². The number of ether oxygens (including phenoxy) is 1. The smallest absolute Gasteiger partial charge is 0.119 e. The first-order valence-electron chi connectivity index (χ1n) is 5.19. The minimum absolute atomic E-state index is 0.574. The molecule has 3 heteroatoms. The molecule has 0 aliphatic carbocycles. The van der Waals surface area contributed by atoms with E-state index in [2.05, 4.69) is 13.8 Å². The van der Waals surface area contributed by atoms with Crippen LogP contribution in [0.15, 0.2) is 29.2 Å². The zero-order valence-electron chi connectivity index (χ0n) is 9.53. The molecule has 1 aromatic carbocycles. The molecule has 0 fully saturated rings. The van der Waals surface area contributed by atoms with Crippen LogP contribution in [0.25, 0.3) is 0 Å². The Morgan fingerprint density at radius 1 is 1.33 bits per heavy atom. The third kappa shape index (κ3) is 4.04. The Labute approximate surface area is 94.1 Å². The standard InChI is InChI=1S/C12H18O2S/c1-4-10(2)9-14-11-5-7-12(8-6-11)15(3)13/h5-8,10H,4,9H2,1-3H3/t10-,15?/m1/s1. The maximum atomic E-state index is 11.1. The van der Waals surface area contributed by atoms with Crippen LogP contribution < -0.4 is 4.74 Å². The summed E-state index contributed by atoms with van der Waals surface area (Å²) in [7, 11) is -0.907. The first kappa shape index (κ1) is 12.2. The van der Waals surface area contributed by atoms with Gasteiger partial charge in [-0.3, -0.25) is 4.21 Å². The average Bonchev–Trinajstić information content (AvgIpc) is 2.26. The molecular formula is C12H18O2S. The van der Waals surface area contributed by atoms with Gasteiger partial charge in [-0.15, -0.1) is 0 Å². The van der Waals surface area contributed by atoms with Crippen LogP contribution in [-0.2, 0) is 10.8 Å². The molecule has 0 spiro atoms. The number of hydrogen-bond acceptors (Lipinski definition) is 2. The molecule has 0 saturated carbocycles. The van der Waals surface area contributed by atoms with Crippen molar-refractivity contribution in [2.24, 2.45) is 5.92 Å². The third-order valence-electron chi connectivity index (χ3n) is 2.39. The van der Waals surface area contributed by atoms with E-state index in [1.54, 1.807) is 6.26 Å². The lowest BCUT2D eigenvalue weighted by atomic mass is 10.1. The lowest BCUT2D eigenvalue weighted by Gasteiger charge is -2.10. The van der Waals surface area contributed by atoms with Crippen LogP contribution in [0.2, 0.25) is 0 Å². The van der Waals surface area contributed by atoms with E-state index in [1.807, 2.05) is 24.3 Å². The van der Waals surface area contributed by atoms with Gasteiger partial charge in [0.05, 0.1) is 6.61 Å². The summed E-state index contributed by atoms with van der Waals surface area (Å²) in [6.45, 7) is 5.05. The molecule has 1 unspecified atom stereocenters. The minimum Gasteiger partial charge on any atom is -0.493 e. The van der Waals surface area contributed by atoms with Crippen molar-refractivity contribution in [1.82, 2.24) is 0 Å². The van der Waals surface area contributed by atoms with Crippen LogP contribution in [0.1, 0.15) is 20.3 Å². The Morgan fingerprint density at radius 2 is 1.93 bits per heavy atom. The van der Waals surface area contributed by atoms with Crippen molar-refractivity contribution in [2.75, 3.05) is 12.9 Å². The van der Waals surface area contributed by atoms with Gasteiger partial charge in [-0.2, -0.15) is 0 Å². The molecule has 0 bridgehead atoms. The molecule has 2 atom stereocenters. The molecule has 0 aromatic heterocycles. The maximum Gasteiger partial charge on any atom is 0.119 e. The van der Waals surface area contributed by atoms with E-state index in [1.165, 1.54) is 0 Å². The fourth-order valence-electron chi connectivity index (χ4n) is 1.08. The summed E-state index contributed by atoms with van der Waals surface area (Å²) in [5.74, 6) is 1.43. The maximum absolute atomic E-state index is 11.1. The van der Waals surface area contributed by atoms with E-state index in [-0.39, 0.29) is 0 Å². The quantitative estimate of drug-likeness (QED) is 0.771. The summed E-state index contributed by atoms with van der Waals surface area (Å²) in [6, 6.07) is 7.45. The zero-order valence-corrected chi connectivity index (χ0v) is 10.3. The van der Waals surface area contributed by atoms with Gasteiger partial charge >= 0.3 is 0 Å². The first-order valence-corrected chi connectivity index (χ1v) is 6.75. The Hall–Kier alpha value is -0.830. The lowest BCUT2D eigenvalue weighted by Crippen LogP contribution is -2.07.